The molecule has 0 radical (unpaired) electrons. The van der Waals surface area contributed by atoms with Crippen molar-refractivity contribution >= 4 is 16.9 Å². The van der Waals surface area contributed by atoms with Gasteiger partial charge in [0.2, 0.25) is 0 Å². The highest BCUT2D eigenvalue weighted by Crippen LogP contribution is 2.21. The molecule has 3 heterocycles. The topological polar surface area (TPSA) is 61.4 Å². The number of piperidine rings is 1. The maximum Gasteiger partial charge on any atom is 0.253 e. The highest BCUT2D eigenvalue weighted by atomic mass is 16.1. The summed E-state index contributed by atoms with van der Waals surface area (Å²) < 4.78 is 0. The molecule has 1 atom stereocenters. The highest BCUT2D eigenvalue weighted by Gasteiger charge is 2.31. The Hall–Kier alpha value is -2.05. The number of carbonyl (C=O) groups is 1. The van der Waals surface area contributed by atoms with Crippen molar-refractivity contribution in [3.8, 4) is 0 Å². The van der Waals surface area contributed by atoms with Gasteiger partial charge in [0.25, 0.3) is 5.91 Å². The predicted octanol–water partition coefficient (Wildman–Crippen LogP) is 1.53. The summed E-state index contributed by atoms with van der Waals surface area (Å²) in [5.41, 5.74) is 2.05. The van der Waals surface area contributed by atoms with Gasteiger partial charge in [0.15, 0.2) is 0 Å². The molecule has 6 heteroatoms. The molecule has 2 fully saturated rings. The van der Waals surface area contributed by atoms with Crippen LogP contribution in [0.15, 0.2) is 30.6 Å². The molecule has 2 aliphatic heterocycles. The minimum Gasteiger partial charge on any atom is -0.348 e. The number of rotatable bonds is 3. The number of nitrogens with one attached hydrogen (secondary N) is 1. The van der Waals surface area contributed by atoms with Gasteiger partial charge in [0.05, 0.1) is 11.1 Å². The Morgan fingerprint density at radius 3 is 2.76 bits per heavy atom. The Morgan fingerprint density at radius 1 is 1.12 bits per heavy atom. The maximum absolute atomic E-state index is 12.7. The SMILES string of the molecule is CN1CCC(N2CCC(NC(=O)c3cccc4nccnc34)C2)CC1. The number of para-hydroxylation sites is 1. The molecule has 1 amide bonds. The molecule has 6 nitrogen and oxygen atoms in total. The molecule has 1 unspecified atom stereocenters. The molecular formula is C19H25N5O. The second-order valence-electron chi connectivity index (χ2n) is 7.22. The molecule has 132 valence electrons. The summed E-state index contributed by atoms with van der Waals surface area (Å²) in [6.07, 6.45) is 6.78. The Bertz CT molecular complexity index is 751. The van der Waals surface area contributed by atoms with E-state index in [4.69, 9.17) is 0 Å². The Kier molecular flexibility index (Phi) is 4.63. The van der Waals surface area contributed by atoms with Crippen LogP contribution < -0.4 is 5.32 Å². The van der Waals surface area contributed by atoms with Crippen molar-refractivity contribution in [3.05, 3.63) is 36.2 Å². The number of benzene rings is 1. The van der Waals surface area contributed by atoms with E-state index >= 15 is 0 Å². The standard InChI is InChI=1S/C19H25N5O/c1-23-10-6-15(7-11-23)24-12-5-14(13-24)22-19(25)16-3-2-4-17-18(16)21-9-8-20-17/h2-4,8-9,14-15H,5-7,10-13H2,1H3,(H,22,25). The molecular weight excluding hydrogens is 314 g/mol. The van der Waals surface area contributed by atoms with Crippen molar-refractivity contribution in [3.63, 3.8) is 0 Å². The van der Waals surface area contributed by atoms with Gasteiger partial charge >= 0.3 is 0 Å². The number of nitrogens with zero attached hydrogens (tertiary/aromatic N) is 4. The first-order chi connectivity index (χ1) is 12.2. The lowest BCUT2D eigenvalue weighted by molar-refractivity contribution is 0.0933. The molecule has 1 N–H and O–H groups in total. The zero-order chi connectivity index (χ0) is 17.2. The third kappa shape index (κ3) is 3.50. The number of amides is 1. The van der Waals surface area contributed by atoms with Crippen LogP contribution in [0.5, 0.6) is 0 Å². The summed E-state index contributed by atoms with van der Waals surface area (Å²) in [5, 5.41) is 3.21. The van der Waals surface area contributed by atoms with Crippen LogP contribution in [0.1, 0.15) is 29.6 Å². The number of likely N-dealkylation sites (tertiary alicyclic amines) is 2. The average Bonchev–Trinajstić information content (AvgIpc) is 3.10. The van der Waals surface area contributed by atoms with Crippen LogP contribution in [0.25, 0.3) is 11.0 Å². The van der Waals surface area contributed by atoms with E-state index in [-0.39, 0.29) is 11.9 Å². The van der Waals surface area contributed by atoms with Crippen LogP contribution >= 0.6 is 0 Å². The van der Waals surface area contributed by atoms with E-state index in [9.17, 15) is 4.79 Å². The Labute approximate surface area is 148 Å². The monoisotopic (exact) mass is 339 g/mol. The van der Waals surface area contributed by atoms with E-state index in [1.165, 1.54) is 25.9 Å². The fourth-order valence-electron chi connectivity index (χ4n) is 4.04. The van der Waals surface area contributed by atoms with Gasteiger partial charge in [-0.3, -0.25) is 19.7 Å². The number of carbonyl (C=O) groups excluding carboxylic acids is 1. The lowest BCUT2D eigenvalue weighted by Gasteiger charge is -2.35. The lowest BCUT2D eigenvalue weighted by Crippen LogP contribution is -2.44. The molecule has 0 saturated carbocycles. The highest BCUT2D eigenvalue weighted by molar-refractivity contribution is 6.04. The van der Waals surface area contributed by atoms with Crippen LogP contribution in [0.4, 0.5) is 0 Å². The van der Waals surface area contributed by atoms with Crippen LogP contribution in [-0.4, -0.2) is 71.0 Å². The minimum atomic E-state index is -0.0404. The molecule has 25 heavy (non-hydrogen) atoms. The van der Waals surface area contributed by atoms with Crippen molar-refractivity contribution in [2.75, 3.05) is 33.2 Å². The first-order valence-electron chi connectivity index (χ1n) is 9.14. The molecule has 2 saturated heterocycles. The third-order valence-corrected chi connectivity index (χ3v) is 5.50. The van der Waals surface area contributed by atoms with Crippen LogP contribution in [0.2, 0.25) is 0 Å². The van der Waals surface area contributed by atoms with E-state index in [0.717, 1.165) is 25.0 Å². The first kappa shape index (κ1) is 16.4. The summed E-state index contributed by atoms with van der Waals surface area (Å²) in [5.74, 6) is -0.0404. The van der Waals surface area contributed by atoms with E-state index in [1.54, 1.807) is 12.4 Å². The van der Waals surface area contributed by atoms with Gasteiger partial charge in [-0.1, -0.05) is 6.07 Å². The fraction of sp³-hybridized carbons (Fsp3) is 0.526. The second kappa shape index (κ2) is 7.06. The quantitative estimate of drug-likeness (QED) is 0.919. The van der Waals surface area contributed by atoms with E-state index in [2.05, 4.69) is 32.1 Å². The summed E-state index contributed by atoms with van der Waals surface area (Å²) in [6, 6.07) is 6.47. The van der Waals surface area contributed by atoms with E-state index in [1.807, 2.05) is 18.2 Å². The number of aromatic nitrogens is 2. The zero-order valence-electron chi connectivity index (χ0n) is 14.7. The van der Waals surface area contributed by atoms with Crippen molar-refractivity contribution in [2.24, 2.45) is 0 Å². The van der Waals surface area contributed by atoms with Crippen molar-refractivity contribution in [2.45, 2.75) is 31.3 Å². The van der Waals surface area contributed by atoms with Gasteiger partial charge in [-0.25, -0.2) is 0 Å². The lowest BCUT2D eigenvalue weighted by atomic mass is 10.0. The maximum atomic E-state index is 12.7. The molecule has 2 aromatic rings. The number of fused-ring (bicyclic) bond motifs is 1. The van der Waals surface area contributed by atoms with Crippen LogP contribution in [0, 0.1) is 0 Å². The zero-order valence-corrected chi connectivity index (χ0v) is 14.7. The average molecular weight is 339 g/mol. The van der Waals surface area contributed by atoms with Crippen LogP contribution in [-0.2, 0) is 0 Å². The summed E-state index contributed by atoms with van der Waals surface area (Å²) >= 11 is 0. The van der Waals surface area contributed by atoms with Gasteiger partial charge in [0, 0.05) is 37.6 Å². The Morgan fingerprint density at radius 2 is 1.92 bits per heavy atom. The fourth-order valence-corrected chi connectivity index (χ4v) is 4.04. The normalized spacial score (nSPS) is 23.2. The van der Waals surface area contributed by atoms with Gasteiger partial charge in [-0.05, 0) is 51.5 Å². The van der Waals surface area contributed by atoms with E-state index < -0.39 is 0 Å². The molecule has 0 bridgehead atoms. The van der Waals surface area contributed by atoms with Gasteiger partial charge in [-0.15, -0.1) is 0 Å². The van der Waals surface area contributed by atoms with E-state index in [0.29, 0.717) is 17.1 Å². The van der Waals surface area contributed by atoms with Crippen LogP contribution in [0.3, 0.4) is 0 Å². The number of hydrogen-bond acceptors (Lipinski definition) is 5. The minimum absolute atomic E-state index is 0.0404. The summed E-state index contributed by atoms with van der Waals surface area (Å²) in [4.78, 5) is 26.3. The summed E-state index contributed by atoms with van der Waals surface area (Å²) in [6.45, 7) is 4.38. The molecule has 0 spiro atoms. The Balaban J connectivity index is 1.40. The third-order valence-electron chi connectivity index (χ3n) is 5.50. The summed E-state index contributed by atoms with van der Waals surface area (Å²) in [7, 11) is 2.19. The van der Waals surface area contributed by atoms with Crippen molar-refractivity contribution in [1.29, 1.82) is 0 Å². The van der Waals surface area contributed by atoms with Gasteiger partial charge in [0.1, 0.15) is 5.52 Å². The predicted molar refractivity (Wildman–Crippen MR) is 97.5 cm³/mol. The molecule has 2 aliphatic rings. The molecule has 1 aromatic carbocycles. The molecule has 4 rings (SSSR count). The number of hydrogen-bond donors (Lipinski definition) is 1. The van der Waals surface area contributed by atoms with Crippen molar-refractivity contribution < 1.29 is 4.79 Å². The second-order valence-corrected chi connectivity index (χ2v) is 7.22. The van der Waals surface area contributed by atoms with Crippen molar-refractivity contribution in [1.82, 2.24) is 25.1 Å². The smallest absolute Gasteiger partial charge is 0.253 e. The van der Waals surface area contributed by atoms with Gasteiger partial charge < -0.3 is 10.2 Å². The largest absolute Gasteiger partial charge is 0.348 e. The molecule has 0 aliphatic carbocycles. The first-order valence-corrected chi connectivity index (χ1v) is 9.14. The van der Waals surface area contributed by atoms with Gasteiger partial charge in [-0.2, -0.15) is 0 Å². The molecule has 1 aromatic heterocycles.